The van der Waals surface area contributed by atoms with Gasteiger partial charge in [-0.3, -0.25) is 0 Å². The zero-order valence-corrected chi connectivity index (χ0v) is 14.5. The highest BCUT2D eigenvalue weighted by Gasteiger charge is 2.28. The van der Waals surface area contributed by atoms with E-state index in [1.165, 1.54) is 25.3 Å². The molecule has 2 amide bonds. The van der Waals surface area contributed by atoms with E-state index in [0.29, 0.717) is 5.69 Å². The molecule has 6 heteroatoms. The van der Waals surface area contributed by atoms with E-state index in [-0.39, 0.29) is 23.2 Å². The van der Waals surface area contributed by atoms with E-state index in [9.17, 15) is 9.18 Å². The van der Waals surface area contributed by atoms with Crippen LogP contribution in [0.25, 0.3) is 0 Å². The number of benzene rings is 1. The summed E-state index contributed by atoms with van der Waals surface area (Å²) in [6.07, 6.45) is 0. The quantitative estimate of drug-likeness (QED) is 0.842. The van der Waals surface area contributed by atoms with Crippen LogP contribution in [0.1, 0.15) is 31.7 Å². The van der Waals surface area contributed by atoms with Crippen molar-refractivity contribution >= 4 is 23.1 Å². The highest BCUT2D eigenvalue weighted by Crippen LogP contribution is 2.35. The third-order valence-electron chi connectivity index (χ3n) is 3.38. The molecule has 0 saturated heterocycles. The molecule has 0 aliphatic heterocycles. The van der Waals surface area contributed by atoms with Gasteiger partial charge in [0.15, 0.2) is 0 Å². The van der Waals surface area contributed by atoms with Gasteiger partial charge in [-0.2, -0.15) is 0 Å². The fraction of sp³-hybridized carbons (Fsp3) is 0.353. The Morgan fingerprint density at radius 2 is 2.04 bits per heavy atom. The van der Waals surface area contributed by atoms with E-state index < -0.39 is 5.82 Å². The van der Waals surface area contributed by atoms with Crippen molar-refractivity contribution in [3.8, 4) is 5.75 Å². The lowest BCUT2D eigenvalue weighted by Gasteiger charge is -2.30. The summed E-state index contributed by atoms with van der Waals surface area (Å²) >= 11 is 1.60. The maximum Gasteiger partial charge on any atom is 0.319 e. The summed E-state index contributed by atoms with van der Waals surface area (Å²) in [5, 5.41) is 7.68. The number of methoxy groups -OCH3 is 1. The molecule has 1 aromatic carbocycles. The molecule has 4 nitrogen and oxygen atoms in total. The first-order chi connectivity index (χ1) is 10.8. The molecular formula is C17H21FN2O2S. The van der Waals surface area contributed by atoms with Crippen LogP contribution in [0.5, 0.6) is 5.75 Å². The lowest BCUT2D eigenvalue weighted by molar-refractivity contribution is 0.230. The van der Waals surface area contributed by atoms with Crippen LogP contribution in [0.15, 0.2) is 35.7 Å². The number of anilines is 1. The Morgan fingerprint density at radius 1 is 1.30 bits per heavy atom. The highest BCUT2D eigenvalue weighted by atomic mass is 32.1. The summed E-state index contributed by atoms with van der Waals surface area (Å²) in [4.78, 5) is 13.4. The van der Waals surface area contributed by atoms with Gasteiger partial charge in [0.2, 0.25) is 0 Å². The van der Waals surface area contributed by atoms with E-state index >= 15 is 0 Å². The number of hydrogen-bond acceptors (Lipinski definition) is 3. The number of halogens is 1. The monoisotopic (exact) mass is 336 g/mol. The van der Waals surface area contributed by atoms with E-state index in [2.05, 4.69) is 31.4 Å². The number of hydrogen-bond donors (Lipinski definition) is 2. The summed E-state index contributed by atoms with van der Waals surface area (Å²) in [5.41, 5.74) is 0.278. The summed E-state index contributed by atoms with van der Waals surface area (Å²) < 4.78 is 18.3. The molecular weight excluding hydrogens is 315 g/mol. The number of carbonyl (C=O) groups is 1. The number of urea groups is 1. The predicted octanol–water partition coefficient (Wildman–Crippen LogP) is 4.80. The molecule has 0 bridgehead atoms. The van der Waals surface area contributed by atoms with Gasteiger partial charge in [0, 0.05) is 10.9 Å². The molecule has 0 fully saturated rings. The van der Waals surface area contributed by atoms with Gasteiger partial charge in [-0.05, 0) is 29.0 Å². The zero-order valence-electron chi connectivity index (χ0n) is 13.6. The smallest absolute Gasteiger partial charge is 0.319 e. The third-order valence-corrected chi connectivity index (χ3v) is 4.32. The van der Waals surface area contributed by atoms with Crippen LogP contribution in [0, 0.1) is 11.2 Å². The van der Waals surface area contributed by atoms with Gasteiger partial charge < -0.3 is 15.4 Å². The number of rotatable bonds is 4. The minimum absolute atomic E-state index is 0.131. The van der Waals surface area contributed by atoms with Gasteiger partial charge in [-0.15, -0.1) is 11.3 Å². The van der Waals surface area contributed by atoms with Crippen LogP contribution in [0.2, 0.25) is 0 Å². The summed E-state index contributed by atoms with van der Waals surface area (Å²) in [7, 11) is 1.43. The Morgan fingerprint density at radius 3 is 2.61 bits per heavy atom. The first kappa shape index (κ1) is 17.3. The highest BCUT2D eigenvalue weighted by molar-refractivity contribution is 7.10. The Hall–Kier alpha value is -2.08. The molecule has 124 valence electrons. The minimum atomic E-state index is -0.418. The summed E-state index contributed by atoms with van der Waals surface area (Å²) in [6, 6.07) is 7.46. The van der Waals surface area contributed by atoms with Gasteiger partial charge >= 0.3 is 6.03 Å². The van der Waals surface area contributed by atoms with Crippen molar-refractivity contribution in [2.45, 2.75) is 26.8 Å². The van der Waals surface area contributed by atoms with Gasteiger partial charge in [-0.25, -0.2) is 9.18 Å². The third kappa shape index (κ3) is 4.45. The second-order valence-electron chi connectivity index (χ2n) is 6.26. The number of nitrogens with one attached hydrogen (secondary N) is 2. The van der Waals surface area contributed by atoms with Crippen molar-refractivity contribution in [2.75, 3.05) is 12.4 Å². The van der Waals surface area contributed by atoms with Crippen LogP contribution < -0.4 is 15.4 Å². The van der Waals surface area contributed by atoms with E-state index in [1.54, 1.807) is 11.3 Å². The summed E-state index contributed by atoms with van der Waals surface area (Å²) in [6.45, 7) is 6.20. The van der Waals surface area contributed by atoms with Crippen LogP contribution >= 0.6 is 11.3 Å². The van der Waals surface area contributed by atoms with E-state index in [0.717, 1.165) is 4.88 Å². The standard InChI is InChI=1S/C17H21FN2O2S/c1-17(2,3)15(14-6-5-9-23-14)20-16(21)19-12-8-7-11(18)10-13(12)22-4/h5-10,15H,1-4H3,(H2,19,20,21). The van der Waals surface area contributed by atoms with Gasteiger partial charge in [0.25, 0.3) is 0 Å². The lowest BCUT2D eigenvalue weighted by Crippen LogP contribution is -2.38. The molecule has 1 heterocycles. The van der Waals surface area contributed by atoms with Crippen LogP contribution in [-0.2, 0) is 0 Å². The Labute approximate surface area is 139 Å². The molecule has 0 radical (unpaired) electrons. The minimum Gasteiger partial charge on any atom is -0.494 e. The molecule has 2 rings (SSSR count). The molecule has 1 unspecified atom stereocenters. The fourth-order valence-corrected chi connectivity index (χ4v) is 3.25. The Balaban J connectivity index is 2.14. The number of ether oxygens (including phenoxy) is 1. The largest absolute Gasteiger partial charge is 0.494 e. The lowest BCUT2D eigenvalue weighted by atomic mass is 9.86. The molecule has 2 N–H and O–H groups in total. The average Bonchev–Trinajstić information content (AvgIpc) is 2.99. The van der Waals surface area contributed by atoms with Crippen molar-refractivity contribution in [1.82, 2.24) is 5.32 Å². The second kappa shape index (κ2) is 7.00. The average molecular weight is 336 g/mol. The zero-order chi connectivity index (χ0) is 17.0. The molecule has 0 saturated carbocycles. The maximum absolute atomic E-state index is 13.2. The molecule has 1 atom stereocenters. The molecule has 0 aliphatic rings. The van der Waals surface area contributed by atoms with Crippen molar-refractivity contribution in [2.24, 2.45) is 5.41 Å². The topological polar surface area (TPSA) is 50.4 Å². The van der Waals surface area contributed by atoms with Crippen LogP contribution in [0.3, 0.4) is 0 Å². The van der Waals surface area contributed by atoms with Crippen LogP contribution in [0.4, 0.5) is 14.9 Å². The molecule has 1 aromatic heterocycles. The van der Waals surface area contributed by atoms with Gasteiger partial charge in [0.1, 0.15) is 11.6 Å². The van der Waals surface area contributed by atoms with E-state index in [1.807, 2.05) is 17.5 Å². The van der Waals surface area contributed by atoms with Gasteiger partial charge in [-0.1, -0.05) is 26.8 Å². The first-order valence-electron chi connectivity index (χ1n) is 7.25. The van der Waals surface area contributed by atoms with E-state index in [4.69, 9.17) is 4.74 Å². The van der Waals surface area contributed by atoms with Crippen molar-refractivity contribution in [3.05, 3.63) is 46.4 Å². The Bertz CT molecular complexity index is 666. The fourth-order valence-electron chi connectivity index (χ4n) is 2.23. The molecule has 0 spiro atoms. The SMILES string of the molecule is COc1cc(F)ccc1NC(=O)NC(c1cccs1)C(C)(C)C. The number of amides is 2. The summed E-state index contributed by atoms with van der Waals surface area (Å²) in [5.74, 6) is -0.137. The molecule has 0 aliphatic carbocycles. The maximum atomic E-state index is 13.2. The van der Waals surface area contributed by atoms with Crippen molar-refractivity contribution < 1.29 is 13.9 Å². The molecule has 2 aromatic rings. The first-order valence-corrected chi connectivity index (χ1v) is 8.13. The van der Waals surface area contributed by atoms with Crippen molar-refractivity contribution in [3.63, 3.8) is 0 Å². The number of carbonyl (C=O) groups excluding carboxylic acids is 1. The second-order valence-corrected chi connectivity index (χ2v) is 7.24. The Kier molecular flexibility index (Phi) is 5.26. The number of thiophene rings is 1. The normalized spacial score (nSPS) is 12.6. The van der Waals surface area contributed by atoms with Crippen molar-refractivity contribution in [1.29, 1.82) is 0 Å². The van der Waals surface area contributed by atoms with Crippen LogP contribution in [-0.4, -0.2) is 13.1 Å². The predicted molar refractivity (Wildman–Crippen MR) is 91.6 cm³/mol. The van der Waals surface area contributed by atoms with Gasteiger partial charge in [0.05, 0.1) is 18.8 Å². The molecule has 23 heavy (non-hydrogen) atoms.